The molecular weight excluding hydrogens is 280 g/mol. The van der Waals surface area contributed by atoms with Gasteiger partial charge in [-0.15, -0.1) is 0 Å². The van der Waals surface area contributed by atoms with Gasteiger partial charge < -0.3 is 15.2 Å². The van der Waals surface area contributed by atoms with Crippen molar-refractivity contribution in [3.63, 3.8) is 0 Å². The molecule has 1 aromatic carbocycles. The van der Waals surface area contributed by atoms with Crippen LogP contribution in [0.5, 0.6) is 17.4 Å². The summed E-state index contributed by atoms with van der Waals surface area (Å²) in [6.45, 7) is 6.31. The molecule has 0 saturated carbocycles. The zero-order valence-electron chi connectivity index (χ0n) is 13.0. The summed E-state index contributed by atoms with van der Waals surface area (Å²) in [5.74, 6) is 0.961. The predicted octanol–water partition coefficient (Wildman–Crippen LogP) is 3.04. The number of esters is 1. The molecule has 5 nitrogen and oxygen atoms in total. The first-order valence-corrected chi connectivity index (χ1v) is 7.03. The maximum absolute atomic E-state index is 11.1. The summed E-state index contributed by atoms with van der Waals surface area (Å²) in [7, 11) is 0. The number of rotatable bonds is 4. The van der Waals surface area contributed by atoms with Gasteiger partial charge in [0.25, 0.3) is 0 Å². The number of aromatic nitrogens is 1. The summed E-state index contributed by atoms with van der Waals surface area (Å²) in [5.41, 5.74) is 6.51. The molecule has 0 saturated heterocycles. The molecule has 1 heterocycles. The number of hydrogen-bond acceptors (Lipinski definition) is 5. The molecule has 0 aliphatic carbocycles. The number of ether oxygens (including phenoxy) is 2. The second-order valence-corrected chi connectivity index (χ2v) is 5.89. The molecule has 0 unspecified atom stereocenters. The molecular formula is C17H20N2O3. The number of hydrogen-bond donors (Lipinski definition) is 1. The van der Waals surface area contributed by atoms with Crippen molar-refractivity contribution in [1.29, 1.82) is 0 Å². The van der Waals surface area contributed by atoms with E-state index in [0.29, 0.717) is 17.4 Å². The second kappa shape index (κ2) is 6.58. The number of pyridine rings is 1. The van der Waals surface area contributed by atoms with Crippen molar-refractivity contribution in [3.8, 4) is 17.4 Å². The van der Waals surface area contributed by atoms with Gasteiger partial charge in [-0.3, -0.25) is 4.79 Å². The Morgan fingerprint density at radius 1 is 1.09 bits per heavy atom. The van der Waals surface area contributed by atoms with Crippen LogP contribution in [0.25, 0.3) is 0 Å². The third-order valence-electron chi connectivity index (χ3n) is 3.05. The summed E-state index contributed by atoms with van der Waals surface area (Å²) >= 11 is 0. The Morgan fingerprint density at radius 2 is 1.73 bits per heavy atom. The van der Waals surface area contributed by atoms with Crippen molar-refractivity contribution < 1.29 is 14.3 Å². The summed E-state index contributed by atoms with van der Waals surface area (Å²) in [5, 5.41) is 0. The number of benzene rings is 1. The molecule has 22 heavy (non-hydrogen) atoms. The molecule has 0 aliphatic heterocycles. The van der Waals surface area contributed by atoms with Crippen LogP contribution in [0.2, 0.25) is 0 Å². The quantitative estimate of drug-likeness (QED) is 0.878. The predicted molar refractivity (Wildman–Crippen MR) is 84.1 cm³/mol. The lowest BCUT2D eigenvalue weighted by molar-refractivity contribution is -0.132. The van der Waals surface area contributed by atoms with E-state index in [1.54, 1.807) is 12.1 Å². The molecule has 2 aromatic rings. The molecule has 0 aliphatic rings. The fourth-order valence-electron chi connectivity index (χ4n) is 1.80. The first-order valence-electron chi connectivity index (χ1n) is 7.03. The van der Waals surface area contributed by atoms with Gasteiger partial charge in [-0.05, 0) is 29.2 Å². The smallest absolute Gasteiger partial charge is 0.325 e. The first-order chi connectivity index (χ1) is 10.4. The Labute approximate surface area is 130 Å². The Bertz CT molecular complexity index is 628. The molecule has 0 spiro atoms. The molecule has 0 atom stereocenters. The number of carbonyl (C=O) groups excluding carboxylic acids is 1. The molecule has 1 aromatic heterocycles. The molecule has 2 rings (SSSR count). The maximum Gasteiger partial charge on any atom is 0.325 e. The normalized spacial score (nSPS) is 11.1. The minimum atomic E-state index is -0.506. The number of carbonyl (C=O) groups is 1. The average Bonchev–Trinajstić information content (AvgIpc) is 2.49. The van der Waals surface area contributed by atoms with Crippen LogP contribution in [-0.2, 0) is 10.2 Å². The molecule has 0 fully saturated rings. The van der Waals surface area contributed by atoms with E-state index in [-0.39, 0.29) is 12.0 Å². The molecule has 5 heteroatoms. The van der Waals surface area contributed by atoms with Gasteiger partial charge in [0, 0.05) is 6.07 Å². The SMILES string of the molecule is CC(C)(C)c1ccc(Oc2ccc(OC(=O)CN)cn2)cc1. The van der Waals surface area contributed by atoms with Crippen LogP contribution >= 0.6 is 0 Å². The van der Waals surface area contributed by atoms with Crippen molar-refractivity contribution in [2.75, 3.05) is 6.54 Å². The van der Waals surface area contributed by atoms with E-state index in [4.69, 9.17) is 15.2 Å². The summed E-state index contributed by atoms with van der Waals surface area (Å²) in [6, 6.07) is 11.1. The molecule has 0 amide bonds. The van der Waals surface area contributed by atoms with Gasteiger partial charge in [-0.2, -0.15) is 0 Å². The zero-order valence-corrected chi connectivity index (χ0v) is 13.0. The average molecular weight is 300 g/mol. The second-order valence-electron chi connectivity index (χ2n) is 5.89. The van der Waals surface area contributed by atoms with E-state index >= 15 is 0 Å². The van der Waals surface area contributed by atoms with Crippen molar-refractivity contribution in [2.45, 2.75) is 26.2 Å². The van der Waals surface area contributed by atoms with Gasteiger partial charge in [0.15, 0.2) is 0 Å². The third kappa shape index (κ3) is 4.30. The molecule has 2 N–H and O–H groups in total. The van der Waals surface area contributed by atoms with Gasteiger partial charge in [0.2, 0.25) is 5.88 Å². The van der Waals surface area contributed by atoms with E-state index in [9.17, 15) is 4.79 Å². The fraction of sp³-hybridized carbons (Fsp3) is 0.294. The van der Waals surface area contributed by atoms with Crippen molar-refractivity contribution in [3.05, 3.63) is 48.2 Å². The maximum atomic E-state index is 11.1. The van der Waals surface area contributed by atoms with Gasteiger partial charge in [0.05, 0.1) is 12.7 Å². The van der Waals surface area contributed by atoms with Gasteiger partial charge in [-0.25, -0.2) is 4.98 Å². The van der Waals surface area contributed by atoms with Crippen LogP contribution in [0.4, 0.5) is 0 Å². The summed E-state index contributed by atoms with van der Waals surface area (Å²) in [6.07, 6.45) is 1.42. The highest BCUT2D eigenvalue weighted by molar-refractivity contribution is 5.74. The number of nitrogens with zero attached hydrogens (tertiary/aromatic N) is 1. The van der Waals surface area contributed by atoms with Crippen LogP contribution < -0.4 is 15.2 Å². The lowest BCUT2D eigenvalue weighted by Gasteiger charge is -2.19. The van der Waals surface area contributed by atoms with Crippen LogP contribution in [0.15, 0.2) is 42.6 Å². The standard InChI is InChI=1S/C17H20N2O3/c1-17(2,3)12-4-6-13(7-5-12)21-15-9-8-14(11-19-15)22-16(20)10-18/h4-9,11H,10,18H2,1-3H3. The largest absolute Gasteiger partial charge is 0.439 e. The molecule has 0 radical (unpaired) electrons. The van der Waals surface area contributed by atoms with Crippen LogP contribution in [0, 0.1) is 0 Å². The Hall–Kier alpha value is -2.40. The highest BCUT2D eigenvalue weighted by Gasteiger charge is 2.13. The first kappa shape index (κ1) is 16.0. The minimum Gasteiger partial charge on any atom is -0.439 e. The summed E-state index contributed by atoms with van der Waals surface area (Å²) in [4.78, 5) is 15.2. The Kier molecular flexibility index (Phi) is 4.78. The van der Waals surface area contributed by atoms with Crippen molar-refractivity contribution in [1.82, 2.24) is 4.98 Å². The number of nitrogens with two attached hydrogens (primary N) is 1. The molecule has 116 valence electrons. The van der Waals surface area contributed by atoms with E-state index in [0.717, 1.165) is 0 Å². The van der Waals surface area contributed by atoms with E-state index in [1.807, 2.05) is 24.3 Å². The topological polar surface area (TPSA) is 74.4 Å². The monoisotopic (exact) mass is 300 g/mol. The van der Waals surface area contributed by atoms with E-state index in [2.05, 4.69) is 25.8 Å². The van der Waals surface area contributed by atoms with Gasteiger partial charge in [0.1, 0.15) is 11.5 Å². The lowest BCUT2D eigenvalue weighted by Crippen LogP contribution is -2.19. The lowest BCUT2D eigenvalue weighted by atomic mass is 9.87. The third-order valence-corrected chi connectivity index (χ3v) is 3.05. The van der Waals surface area contributed by atoms with Crippen molar-refractivity contribution in [2.24, 2.45) is 5.73 Å². The summed E-state index contributed by atoms with van der Waals surface area (Å²) < 4.78 is 10.6. The fourth-order valence-corrected chi connectivity index (χ4v) is 1.80. The molecule has 0 bridgehead atoms. The van der Waals surface area contributed by atoms with Crippen molar-refractivity contribution >= 4 is 5.97 Å². The van der Waals surface area contributed by atoms with E-state index < -0.39 is 5.97 Å². The Morgan fingerprint density at radius 3 is 2.23 bits per heavy atom. The van der Waals surface area contributed by atoms with E-state index in [1.165, 1.54) is 11.8 Å². The highest BCUT2D eigenvalue weighted by atomic mass is 16.5. The minimum absolute atomic E-state index is 0.102. The van der Waals surface area contributed by atoms with Gasteiger partial charge in [-0.1, -0.05) is 32.9 Å². The van der Waals surface area contributed by atoms with Crippen LogP contribution in [0.1, 0.15) is 26.3 Å². The highest BCUT2D eigenvalue weighted by Crippen LogP contribution is 2.26. The van der Waals surface area contributed by atoms with Gasteiger partial charge >= 0.3 is 5.97 Å². The van der Waals surface area contributed by atoms with Crippen LogP contribution in [0.3, 0.4) is 0 Å². The van der Waals surface area contributed by atoms with Crippen LogP contribution in [-0.4, -0.2) is 17.5 Å². The Balaban J connectivity index is 2.03. The zero-order chi connectivity index (χ0) is 16.2.